The quantitative estimate of drug-likeness (QED) is 0.540. The molecule has 128 valence electrons. The van der Waals surface area contributed by atoms with Crippen LogP contribution < -0.4 is 0 Å². The highest BCUT2D eigenvalue weighted by Gasteiger charge is 2.20. The van der Waals surface area contributed by atoms with Crippen molar-refractivity contribution in [2.45, 2.75) is 26.1 Å². The average Bonchev–Trinajstić information content (AvgIpc) is 2.57. The topological polar surface area (TPSA) is 92.4 Å². The molecule has 0 heterocycles. The van der Waals surface area contributed by atoms with Crippen molar-refractivity contribution in [1.82, 2.24) is 0 Å². The van der Waals surface area contributed by atoms with E-state index in [2.05, 4.69) is 13.2 Å². The van der Waals surface area contributed by atoms with Gasteiger partial charge in [-0.2, -0.15) is 0 Å². The molecule has 1 aromatic carbocycles. The van der Waals surface area contributed by atoms with Crippen molar-refractivity contribution >= 4 is 11.9 Å². The van der Waals surface area contributed by atoms with E-state index in [1.807, 2.05) is 0 Å². The van der Waals surface area contributed by atoms with Gasteiger partial charge >= 0.3 is 11.9 Å². The van der Waals surface area contributed by atoms with Crippen LogP contribution in [0.25, 0.3) is 0 Å². The van der Waals surface area contributed by atoms with Gasteiger partial charge in [-0.25, -0.2) is 19.8 Å². The zero-order valence-electron chi connectivity index (χ0n) is 13.7. The minimum absolute atomic E-state index is 0.197. The molecule has 24 heavy (non-hydrogen) atoms. The maximum absolute atomic E-state index is 11.5. The van der Waals surface area contributed by atoms with Crippen molar-refractivity contribution in [3.63, 3.8) is 0 Å². The van der Waals surface area contributed by atoms with E-state index in [0.717, 1.165) is 0 Å². The van der Waals surface area contributed by atoms with Gasteiger partial charge in [0.15, 0.2) is 12.2 Å². The second-order valence-electron chi connectivity index (χ2n) is 5.35. The highest BCUT2D eigenvalue weighted by Crippen LogP contribution is 2.23. The Labute approximate surface area is 141 Å². The summed E-state index contributed by atoms with van der Waals surface area (Å²) in [5, 5.41) is 22.5. The molecular weight excluding hydrogens is 312 g/mol. The largest absolute Gasteiger partial charge is 0.452 e. The van der Waals surface area contributed by atoms with Gasteiger partial charge in [-0.15, -0.1) is 0 Å². The molecule has 0 aromatic heterocycles. The van der Waals surface area contributed by atoms with E-state index in [9.17, 15) is 19.8 Å². The van der Waals surface area contributed by atoms with Crippen LogP contribution in [0.5, 0.6) is 0 Å². The summed E-state index contributed by atoms with van der Waals surface area (Å²) in [6, 6.07) is 6.23. The fraction of sp³-hybridized carbons (Fsp3) is 0.333. The summed E-state index contributed by atoms with van der Waals surface area (Å²) in [7, 11) is 0. The molecular formula is C18H20O6. The second-order valence-corrected chi connectivity index (χ2v) is 5.35. The number of rotatable bonds is 8. The van der Waals surface area contributed by atoms with Crippen molar-refractivity contribution in [2.75, 3.05) is 13.2 Å². The van der Waals surface area contributed by atoms with E-state index in [1.54, 1.807) is 24.3 Å². The first-order valence-corrected chi connectivity index (χ1v) is 7.29. The molecule has 0 aliphatic carbocycles. The lowest BCUT2D eigenvalue weighted by Gasteiger charge is -2.18. The van der Waals surface area contributed by atoms with Gasteiger partial charge in [0.25, 0.3) is 0 Å². The van der Waals surface area contributed by atoms with Gasteiger partial charge in [0.2, 0.25) is 0 Å². The van der Waals surface area contributed by atoms with Crippen LogP contribution in [0.1, 0.15) is 37.2 Å². The molecule has 0 aliphatic heterocycles. The van der Waals surface area contributed by atoms with E-state index < -0.39 is 37.4 Å². The maximum Gasteiger partial charge on any atom is 0.333 e. The number of carbonyl (C=O) groups excluding carboxylic acids is 2. The Kier molecular flexibility index (Phi) is 7.35. The third kappa shape index (κ3) is 5.33. The Bertz CT molecular complexity index is 562. The number of benzene rings is 1. The summed E-state index contributed by atoms with van der Waals surface area (Å²) in [6.07, 6.45) is -1.90. The molecule has 2 atom stereocenters. The van der Waals surface area contributed by atoms with Gasteiger partial charge in [0.1, 0.15) is 13.2 Å². The van der Waals surface area contributed by atoms with Crippen LogP contribution in [0.2, 0.25) is 0 Å². The highest BCUT2D eigenvalue weighted by molar-refractivity contribution is 5.87. The molecule has 2 unspecified atom stereocenters. The fourth-order valence-electron chi connectivity index (χ4n) is 1.78. The van der Waals surface area contributed by atoms with Gasteiger partial charge in [-0.3, -0.25) is 0 Å². The molecule has 0 N–H and O–H groups in total. The second kappa shape index (κ2) is 9.00. The van der Waals surface area contributed by atoms with Crippen LogP contribution in [-0.2, 0) is 29.3 Å². The molecule has 1 rings (SSSR count). The van der Waals surface area contributed by atoms with E-state index in [-0.39, 0.29) is 11.1 Å². The van der Waals surface area contributed by atoms with E-state index in [4.69, 9.17) is 9.47 Å². The number of carbonyl (C=O) groups is 2. The third-order valence-electron chi connectivity index (χ3n) is 3.18. The molecule has 0 saturated heterocycles. The van der Waals surface area contributed by atoms with Crippen molar-refractivity contribution in [2.24, 2.45) is 0 Å². The van der Waals surface area contributed by atoms with Crippen LogP contribution in [0.4, 0.5) is 0 Å². The van der Waals surface area contributed by atoms with Crippen LogP contribution in [0.15, 0.2) is 48.6 Å². The summed E-state index contributed by atoms with van der Waals surface area (Å²) in [5.74, 6) is -1.29. The molecule has 6 nitrogen and oxygen atoms in total. The normalized spacial score (nSPS) is 12.8. The van der Waals surface area contributed by atoms with Crippen LogP contribution in [0, 0.1) is 0 Å². The summed E-state index contributed by atoms with van der Waals surface area (Å²) < 4.78 is 10.1. The molecule has 0 aliphatic rings. The van der Waals surface area contributed by atoms with Crippen LogP contribution in [-0.4, -0.2) is 25.2 Å². The third-order valence-corrected chi connectivity index (χ3v) is 3.18. The van der Waals surface area contributed by atoms with Crippen LogP contribution in [0.3, 0.4) is 0 Å². The smallest absolute Gasteiger partial charge is 0.333 e. The van der Waals surface area contributed by atoms with Gasteiger partial charge in [-0.1, -0.05) is 37.4 Å². The standard InChI is InChI=1S/C18H20O6/c1-11(2)17(21)23-15(9-19)13-5-7-14(8-6-13)16(10-20)24-18(22)12(3)4/h5-8,15-16H,1,3,9-10H2,2,4H3. The SMILES string of the molecule is C=C(C)C(=O)OC(C[O])c1ccc(C(C[O])OC(=O)C(=C)C)cc1. The van der Waals surface area contributed by atoms with Crippen molar-refractivity contribution in [3.8, 4) is 0 Å². The van der Waals surface area contributed by atoms with E-state index in [0.29, 0.717) is 11.1 Å². The van der Waals surface area contributed by atoms with Crippen molar-refractivity contribution < 1.29 is 29.3 Å². The number of hydrogen-bond acceptors (Lipinski definition) is 4. The Balaban J connectivity index is 2.89. The first kappa shape index (κ1) is 19.6. The molecule has 6 heteroatoms. The van der Waals surface area contributed by atoms with Gasteiger partial charge in [0.05, 0.1) is 0 Å². The lowest BCUT2D eigenvalue weighted by Crippen LogP contribution is -2.16. The Hall–Kier alpha value is -2.44. The van der Waals surface area contributed by atoms with Gasteiger partial charge in [-0.05, 0) is 25.0 Å². The maximum atomic E-state index is 11.5. The minimum atomic E-state index is -0.952. The fourth-order valence-corrected chi connectivity index (χ4v) is 1.78. The first-order chi connectivity index (χ1) is 11.3. The Morgan fingerprint density at radius 1 is 0.833 bits per heavy atom. The van der Waals surface area contributed by atoms with E-state index in [1.165, 1.54) is 13.8 Å². The summed E-state index contributed by atoms with van der Waals surface area (Å²) in [5.41, 5.74) is 1.37. The lowest BCUT2D eigenvalue weighted by atomic mass is 10.0. The lowest BCUT2D eigenvalue weighted by molar-refractivity contribution is -0.148. The average molecular weight is 332 g/mol. The van der Waals surface area contributed by atoms with Gasteiger partial charge in [0, 0.05) is 11.1 Å². The molecule has 0 saturated carbocycles. The van der Waals surface area contributed by atoms with E-state index >= 15 is 0 Å². The van der Waals surface area contributed by atoms with Crippen molar-refractivity contribution in [3.05, 3.63) is 59.7 Å². The number of ether oxygens (including phenoxy) is 2. The highest BCUT2D eigenvalue weighted by atomic mass is 16.6. The minimum Gasteiger partial charge on any atom is -0.452 e. The zero-order valence-corrected chi connectivity index (χ0v) is 13.7. The predicted molar refractivity (Wildman–Crippen MR) is 84.8 cm³/mol. The number of hydrogen-bond donors (Lipinski definition) is 0. The molecule has 0 bridgehead atoms. The van der Waals surface area contributed by atoms with Crippen molar-refractivity contribution in [1.29, 1.82) is 0 Å². The molecule has 2 radical (unpaired) electrons. The molecule has 0 spiro atoms. The number of esters is 2. The van der Waals surface area contributed by atoms with Gasteiger partial charge < -0.3 is 9.47 Å². The van der Waals surface area contributed by atoms with Crippen LogP contribution >= 0.6 is 0 Å². The predicted octanol–water partition coefficient (Wildman–Crippen LogP) is 2.87. The molecule has 0 fully saturated rings. The zero-order chi connectivity index (χ0) is 18.3. The Morgan fingerprint density at radius 3 is 1.33 bits per heavy atom. The monoisotopic (exact) mass is 332 g/mol. The first-order valence-electron chi connectivity index (χ1n) is 7.29. The molecule has 0 amide bonds. The summed E-state index contributed by atoms with van der Waals surface area (Å²) in [4.78, 5) is 23.0. The Morgan fingerprint density at radius 2 is 1.12 bits per heavy atom. The summed E-state index contributed by atoms with van der Waals surface area (Å²) in [6.45, 7) is 8.61. The summed E-state index contributed by atoms with van der Waals surface area (Å²) >= 11 is 0. The molecule has 1 aromatic rings.